The number of aryl methyl sites for hydroxylation is 1. The normalized spacial score (nSPS) is 11.0. The highest BCUT2D eigenvalue weighted by Gasteiger charge is 2.17. The number of aromatic nitrogens is 2. The van der Waals surface area contributed by atoms with Crippen molar-refractivity contribution in [1.82, 2.24) is 9.78 Å². The Labute approximate surface area is 212 Å². The van der Waals surface area contributed by atoms with Crippen LogP contribution in [0.15, 0.2) is 109 Å². The summed E-state index contributed by atoms with van der Waals surface area (Å²) in [5.74, 6) is 0.205. The van der Waals surface area contributed by atoms with Crippen LogP contribution in [0.25, 0.3) is 28.1 Å². The van der Waals surface area contributed by atoms with Crippen molar-refractivity contribution in [2.24, 2.45) is 0 Å². The standard InChI is InChI=1S/C32H29N3O/c1-22(2)24-15-17-28(18-16-24)33-32(36)30-21-31(35(34-30)29-19-9-23(3)10-20-29)27-13-11-26(12-14-27)25-7-5-4-6-8-25/h4-22H,1-3H3,(H,33,36). The van der Waals surface area contributed by atoms with Gasteiger partial charge in [-0.25, -0.2) is 4.68 Å². The Morgan fingerprint density at radius 1 is 0.750 bits per heavy atom. The van der Waals surface area contributed by atoms with Crippen LogP contribution in [-0.2, 0) is 0 Å². The smallest absolute Gasteiger partial charge is 0.276 e. The number of benzene rings is 4. The van der Waals surface area contributed by atoms with Crippen molar-refractivity contribution >= 4 is 11.6 Å². The summed E-state index contributed by atoms with van der Waals surface area (Å²) in [4.78, 5) is 13.2. The number of nitrogens with zero attached hydrogens (tertiary/aromatic N) is 2. The molecule has 0 aliphatic heterocycles. The van der Waals surface area contributed by atoms with E-state index in [1.54, 1.807) is 0 Å². The summed E-state index contributed by atoms with van der Waals surface area (Å²) in [7, 11) is 0. The zero-order chi connectivity index (χ0) is 25.1. The summed E-state index contributed by atoms with van der Waals surface area (Å²) in [6, 6.07) is 36.6. The topological polar surface area (TPSA) is 46.9 Å². The second kappa shape index (κ2) is 10.0. The van der Waals surface area contributed by atoms with Gasteiger partial charge >= 0.3 is 0 Å². The Bertz CT molecular complexity index is 1460. The molecule has 4 aromatic carbocycles. The van der Waals surface area contributed by atoms with Crippen LogP contribution in [0.1, 0.15) is 41.4 Å². The third kappa shape index (κ3) is 4.98. The molecule has 5 rings (SSSR count). The summed E-state index contributed by atoms with van der Waals surface area (Å²) in [6.07, 6.45) is 0. The lowest BCUT2D eigenvalue weighted by Gasteiger charge is -2.09. The van der Waals surface area contributed by atoms with Gasteiger partial charge in [0.25, 0.3) is 5.91 Å². The molecule has 0 fully saturated rings. The predicted octanol–water partition coefficient (Wildman–Crippen LogP) is 7.89. The molecule has 5 aromatic rings. The summed E-state index contributed by atoms with van der Waals surface area (Å²) >= 11 is 0. The minimum absolute atomic E-state index is 0.236. The maximum absolute atomic E-state index is 13.2. The molecule has 0 saturated heterocycles. The van der Waals surface area contributed by atoms with E-state index in [1.165, 1.54) is 16.7 Å². The van der Waals surface area contributed by atoms with Crippen LogP contribution in [0.4, 0.5) is 5.69 Å². The number of nitrogens with one attached hydrogen (secondary N) is 1. The van der Waals surface area contributed by atoms with Crippen LogP contribution in [-0.4, -0.2) is 15.7 Å². The maximum atomic E-state index is 13.2. The molecule has 0 saturated carbocycles. The van der Waals surface area contributed by atoms with Crippen LogP contribution in [0.2, 0.25) is 0 Å². The number of hydrogen-bond donors (Lipinski definition) is 1. The number of amides is 1. The third-order valence-corrected chi connectivity index (χ3v) is 6.34. The van der Waals surface area contributed by atoms with Gasteiger partial charge in [-0.15, -0.1) is 0 Å². The maximum Gasteiger partial charge on any atom is 0.276 e. The highest BCUT2D eigenvalue weighted by atomic mass is 16.1. The van der Waals surface area contributed by atoms with Crippen molar-refractivity contribution in [3.8, 4) is 28.1 Å². The van der Waals surface area contributed by atoms with Gasteiger partial charge < -0.3 is 5.32 Å². The van der Waals surface area contributed by atoms with Crippen molar-refractivity contribution < 1.29 is 4.79 Å². The molecule has 178 valence electrons. The van der Waals surface area contributed by atoms with E-state index in [0.717, 1.165) is 28.2 Å². The summed E-state index contributed by atoms with van der Waals surface area (Å²) in [6.45, 7) is 6.36. The average Bonchev–Trinajstić information content (AvgIpc) is 3.36. The monoisotopic (exact) mass is 471 g/mol. The zero-order valence-electron chi connectivity index (χ0n) is 20.8. The predicted molar refractivity (Wildman–Crippen MR) is 148 cm³/mol. The molecule has 1 amide bonds. The van der Waals surface area contributed by atoms with Gasteiger partial charge in [-0.05, 0) is 59.9 Å². The van der Waals surface area contributed by atoms with Gasteiger partial charge in [0.05, 0.1) is 11.4 Å². The average molecular weight is 472 g/mol. The molecule has 0 unspecified atom stereocenters. The molecule has 4 heteroatoms. The summed E-state index contributed by atoms with van der Waals surface area (Å²) in [5, 5.41) is 7.71. The Morgan fingerprint density at radius 3 is 2.00 bits per heavy atom. The molecule has 0 aliphatic carbocycles. The second-order valence-electron chi connectivity index (χ2n) is 9.34. The SMILES string of the molecule is Cc1ccc(-n2nc(C(=O)Nc3ccc(C(C)C)cc3)cc2-c2ccc(-c3ccccc3)cc2)cc1. The molecule has 0 atom stereocenters. The van der Waals surface area contributed by atoms with E-state index in [1.807, 2.05) is 65.3 Å². The number of rotatable bonds is 6. The highest BCUT2D eigenvalue weighted by Crippen LogP contribution is 2.28. The first kappa shape index (κ1) is 23.3. The molecule has 36 heavy (non-hydrogen) atoms. The van der Waals surface area contributed by atoms with Crippen molar-refractivity contribution in [2.75, 3.05) is 5.32 Å². The minimum atomic E-state index is -0.236. The Morgan fingerprint density at radius 2 is 1.36 bits per heavy atom. The van der Waals surface area contributed by atoms with Crippen LogP contribution < -0.4 is 5.32 Å². The molecular weight excluding hydrogens is 442 g/mol. The summed E-state index contributed by atoms with van der Waals surface area (Å²) < 4.78 is 1.84. The fraction of sp³-hybridized carbons (Fsp3) is 0.125. The van der Waals surface area contributed by atoms with E-state index in [2.05, 4.69) is 74.6 Å². The Kier molecular flexibility index (Phi) is 6.50. The number of hydrogen-bond acceptors (Lipinski definition) is 2. The van der Waals surface area contributed by atoms with Crippen LogP contribution in [0.5, 0.6) is 0 Å². The van der Waals surface area contributed by atoms with E-state index in [9.17, 15) is 4.79 Å². The van der Waals surface area contributed by atoms with Gasteiger partial charge in [0.2, 0.25) is 0 Å². The lowest BCUT2D eigenvalue weighted by atomic mass is 10.0. The first-order valence-electron chi connectivity index (χ1n) is 12.2. The number of carbonyl (C=O) groups is 1. The highest BCUT2D eigenvalue weighted by molar-refractivity contribution is 6.03. The lowest BCUT2D eigenvalue weighted by Crippen LogP contribution is -2.13. The number of carbonyl (C=O) groups excluding carboxylic acids is 1. The van der Waals surface area contributed by atoms with Crippen LogP contribution in [0.3, 0.4) is 0 Å². The van der Waals surface area contributed by atoms with Gasteiger partial charge in [-0.1, -0.05) is 98.3 Å². The fourth-order valence-electron chi connectivity index (χ4n) is 4.19. The largest absolute Gasteiger partial charge is 0.321 e. The van der Waals surface area contributed by atoms with Gasteiger partial charge in [0.15, 0.2) is 5.69 Å². The van der Waals surface area contributed by atoms with Gasteiger partial charge in [0, 0.05) is 11.3 Å². The van der Waals surface area contributed by atoms with E-state index in [0.29, 0.717) is 11.6 Å². The molecule has 0 bridgehead atoms. The van der Waals surface area contributed by atoms with Crippen molar-refractivity contribution in [3.63, 3.8) is 0 Å². The van der Waals surface area contributed by atoms with Gasteiger partial charge in [-0.3, -0.25) is 4.79 Å². The van der Waals surface area contributed by atoms with Gasteiger partial charge in [0.1, 0.15) is 0 Å². The molecule has 1 N–H and O–H groups in total. The van der Waals surface area contributed by atoms with Crippen molar-refractivity contribution in [3.05, 3.63) is 126 Å². The molecule has 0 spiro atoms. The second-order valence-corrected chi connectivity index (χ2v) is 9.34. The quantitative estimate of drug-likeness (QED) is 0.274. The molecule has 0 aliphatic rings. The van der Waals surface area contributed by atoms with Crippen LogP contribution in [0, 0.1) is 6.92 Å². The van der Waals surface area contributed by atoms with E-state index in [4.69, 9.17) is 5.10 Å². The molecule has 1 heterocycles. The summed E-state index contributed by atoms with van der Waals surface area (Å²) in [5.41, 5.74) is 8.59. The molecule has 0 radical (unpaired) electrons. The first-order valence-corrected chi connectivity index (χ1v) is 12.2. The third-order valence-electron chi connectivity index (χ3n) is 6.34. The van der Waals surface area contributed by atoms with Crippen LogP contribution >= 0.6 is 0 Å². The molecule has 1 aromatic heterocycles. The van der Waals surface area contributed by atoms with Crippen molar-refractivity contribution in [1.29, 1.82) is 0 Å². The molecular formula is C32H29N3O. The fourth-order valence-corrected chi connectivity index (χ4v) is 4.19. The van der Waals surface area contributed by atoms with E-state index >= 15 is 0 Å². The zero-order valence-corrected chi connectivity index (χ0v) is 20.8. The Hall–Kier alpha value is -4.44. The van der Waals surface area contributed by atoms with Gasteiger partial charge in [-0.2, -0.15) is 5.10 Å². The molecule has 4 nitrogen and oxygen atoms in total. The lowest BCUT2D eigenvalue weighted by molar-refractivity contribution is 0.102. The minimum Gasteiger partial charge on any atom is -0.321 e. The van der Waals surface area contributed by atoms with E-state index in [-0.39, 0.29) is 5.91 Å². The Balaban J connectivity index is 1.49. The van der Waals surface area contributed by atoms with Crippen molar-refractivity contribution in [2.45, 2.75) is 26.7 Å². The number of anilines is 1. The first-order chi connectivity index (χ1) is 17.5. The van der Waals surface area contributed by atoms with E-state index < -0.39 is 0 Å².